The largest absolute Gasteiger partial charge is 0.295 e. The molecule has 136 valence electrons. The monoisotopic (exact) mass is 363 g/mol. The molecule has 0 spiro atoms. The fourth-order valence-electron chi connectivity index (χ4n) is 3.60. The number of rotatable bonds is 6. The third-order valence-corrected chi connectivity index (χ3v) is 5.14. The lowest BCUT2D eigenvalue weighted by molar-refractivity contribution is 0.101. The van der Waals surface area contributed by atoms with E-state index in [2.05, 4.69) is 54.6 Å². The zero-order valence-electron chi connectivity index (χ0n) is 16.1. The molecule has 1 aromatic heterocycles. The number of benzene rings is 3. The summed E-state index contributed by atoms with van der Waals surface area (Å²) < 4.78 is 0. The Morgan fingerprint density at radius 3 is 2.43 bits per heavy atom. The van der Waals surface area contributed by atoms with E-state index in [-0.39, 0.29) is 5.78 Å². The van der Waals surface area contributed by atoms with E-state index in [1.54, 1.807) is 6.92 Å². The predicted molar refractivity (Wildman–Crippen MR) is 118 cm³/mol. The Kier molecular flexibility index (Phi) is 5.34. The molecule has 3 heteroatoms. The lowest BCUT2D eigenvalue weighted by Crippen LogP contribution is -2.17. The summed E-state index contributed by atoms with van der Waals surface area (Å²) in [6.07, 6.45) is 1.71. The van der Waals surface area contributed by atoms with Gasteiger partial charge in [0.05, 0.1) is 5.52 Å². The van der Waals surface area contributed by atoms with Crippen molar-refractivity contribution in [3.63, 3.8) is 0 Å². The van der Waals surface area contributed by atoms with E-state index in [4.69, 9.17) is 4.98 Å². The van der Waals surface area contributed by atoms with E-state index < -0.39 is 0 Å². The maximum atomic E-state index is 11.8. The second-order valence-electron chi connectivity index (χ2n) is 7.20. The standard InChI is InChI=1S/C25H22BNO/c1-18(28)24-8-4-2-7-21(24)17-26-22-13-10-19(11-14-22)16-23-15-12-20-6-3-5-9-25(20)27-23/h2-15,26H,16-17H2,1H3. The van der Waals surface area contributed by atoms with Crippen molar-refractivity contribution in [2.75, 3.05) is 0 Å². The molecule has 0 bridgehead atoms. The summed E-state index contributed by atoms with van der Waals surface area (Å²) in [6.45, 7) is 1.63. The molecule has 0 aliphatic carbocycles. The molecule has 28 heavy (non-hydrogen) atoms. The molecule has 0 saturated carbocycles. The fraction of sp³-hybridized carbons (Fsp3) is 0.120. The summed E-state index contributed by atoms with van der Waals surface area (Å²) in [6, 6.07) is 29.1. The number of para-hydroxylation sites is 1. The topological polar surface area (TPSA) is 30.0 Å². The van der Waals surface area contributed by atoms with E-state index in [9.17, 15) is 4.79 Å². The van der Waals surface area contributed by atoms with Crippen LogP contribution in [-0.4, -0.2) is 18.0 Å². The molecular weight excluding hydrogens is 341 g/mol. The first kappa shape index (κ1) is 18.2. The average molecular weight is 363 g/mol. The maximum Gasteiger partial charge on any atom is 0.162 e. The summed E-state index contributed by atoms with van der Waals surface area (Å²) >= 11 is 0. The van der Waals surface area contributed by atoms with Crippen LogP contribution >= 0.6 is 0 Å². The Hall–Kier alpha value is -3.20. The minimum Gasteiger partial charge on any atom is -0.295 e. The van der Waals surface area contributed by atoms with Gasteiger partial charge < -0.3 is 0 Å². The van der Waals surface area contributed by atoms with Crippen molar-refractivity contribution in [2.24, 2.45) is 0 Å². The molecule has 0 atom stereocenters. The Morgan fingerprint density at radius 2 is 1.61 bits per heavy atom. The molecule has 0 N–H and O–H groups in total. The molecule has 0 aliphatic heterocycles. The number of Topliss-reactive ketones (excluding diaryl/α,β-unsaturated/α-hetero) is 1. The van der Waals surface area contributed by atoms with Gasteiger partial charge in [-0.25, -0.2) is 0 Å². The summed E-state index contributed by atoms with van der Waals surface area (Å²) in [4.78, 5) is 16.5. The molecule has 0 amide bonds. The third kappa shape index (κ3) is 4.20. The molecule has 2 nitrogen and oxygen atoms in total. The number of carbonyl (C=O) groups is 1. The van der Waals surface area contributed by atoms with Crippen LogP contribution in [0.5, 0.6) is 0 Å². The van der Waals surface area contributed by atoms with Gasteiger partial charge in [-0.3, -0.25) is 9.78 Å². The van der Waals surface area contributed by atoms with Gasteiger partial charge in [-0.2, -0.15) is 0 Å². The van der Waals surface area contributed by atoms with E-state index >= 15 is 0 Å². The van der Waals surface area contributed by atoms with Crippen molar-refractivity contribution in [3.8, 4) is 0 Å². The summed E-state index contributed by atoms with van der Waals surface area (Å²) in [5.74, 6) is 0.133. The van der Waals surface area contributed by atoms with Crippen molar-refractivity contribution in [2.45, 2.75) is 19.7 Å². The quantitative estimate of drug-likeness (QED) is 0.378. The predicted octanol–water partition coefficient (Wildman–Crippen LogP) is 4.29. The van der Waals surface area contributed by atoms with Crippen LogP contribution in [0.25, 0.3) is 10.9 Å². The zero-order valence-corrected chi connectivity index (χ0v) is 16.1. The number of carbonyl (C=O) groups excluding carboxylic acids is 1. The lowest BCUT2D eigenvalue weighted by atomic mass is 9.64. The molecule has 0 radical (unpaired) electrons. The van der Waals surface area contributed by atoms with Crippen molar-refractivity contribution in [1.82, 2.24) is 4.98 Å². The first-order valence-electron chi connectivity index (χ1n) is 9.70. The minimum atomic E-state index is 0.133. The Labute approximate surface area is 166 Å². The van der Waals surface area contributed by atoms with Crippen molar-refractivity contribution in [1.29, 1.82) is 0 Å². The highest BCUT2D eigenvalue weighted by atomic mass is 16.1. The molecule has 4 rings (SSSR count). The summed E-state index contributed by atoms with van der Waals surface area (Å²) in [7, 11) is 0.929. The molecule has 1 heterocycles. The maximum absolute atomic E-state index is 11.8. The van der Waals surface area contributed by atoms with Crippen LogP contribution in [-0.2, 0) is 12.7 Å². The van der Waals surface area contributed by atoms with Gasteiger partial charge in [0.2, 0.25) is 0 Å². The highest BCUT2D eigenvalue weighted by molar-refractivity contribution is 6.53. The number of hydrogen-bond donors (Lipinski definition) is 0. The third-order valence-electron chi connectivity index (χ3n) is 5.14. The Morgan fingerprint density at radius 1 is 0.857 bits per heavy atom. The van der Waals surface area contributed by atoms with Gasteiger partial charge in [0.25, 0.3) is 0 Å². The molecule has 3 aromatic carbocycles. The van der Waals surface area contributed by atoms with Gasteiger partial charge in [-0.05, 0) is 36.5 Å². The number of hydrogen-bond acceptors (Lipinski definition) is 2. The van der Waals surface area contributed by atoms with Crippen LogP contribution in [0.4, 0.5) is 0 Å². The van der Waals surface area contributed by atoms with Crippen LogP contribution in [0.3, 0.4) is 0 Å². The highest BCUT2D eigenvalue weighted by Gasteiger charge is 2.07. The van der Waals surface area contributed by atoms with Gasteiger partial charge in [0.1, 0.15) is 0 Å². The second-order valence-corrected chi connectivity index (χ2v) is 7.20. The first-order chi connectivity index (χ1) is 13.7. The van der Waals surface area contributed by atoms with Crippen LogP contribution in [0.2, 0.25) is 0 Å². The summed E-state index contributed by atoms with van der Waals surface area (Å²) in [5.41, 5.74) is 6.63. The number of fused-ring (bicyclic) bond motifs is 1. The van der Waals surface area contributed by atoms with E-state index in [0.29, 0.717) is 0 Å². The molecule has 0 fully saturated rings. The van der Waals surface area contributed by atoms with Gasteiger partial charge in [-0.15, -0.1) is 0 Å². The number of ketones is 1. The highest BCUT2D eigenvalue weighted by Crippen LogP contribution is 2.14. The Bertz CT molecular complexity index is 1120. The SMILES string of the molecule is CC(=O)c1ccccc1CBc1ccc(Cc2ccc3ccccc3n2)cc1. The molecule has 4 aromatic rings. The normalized spacial score (nSPS) is 10.8. The van der Waals surface area contributed by atoms with Gasteiger partial charge in [-0.1, -0.05) is 78.3 Å². The fourth-order valence-corrected chi connectivity index (χ4v) is 3.60. The van der Waals surface area contributed by atoms with Crippen LogP contribution < -0.4 is 5.46 Å². The van der Waals surface area contributed by atoms with Gasteiger partial charge in [0.15, 0.2) is 13.1 Å². The van der Waals surface area contributed by atoms with Crippen molar-refractivity contribution >= 4 is 29.4 Å². The van der Waals surface area contributed by atoms with Gasteiger partial charge >= 0.3 is 0 Å². The van der Waals surface area contributed by atoms with Crippen molar-refractivity contribution < 1.29 is 4.79 Å². The minimum absolute atomic E-state index is 0.133. The van der Waals surface area contributed by atoms with E-state index in [1.165, 1.54) is 16.4 Å². The van der Waals surface area contributed by atoms with Gasteiger partial charge in [0, 0.05) is 23.1 Å². The van der Waals surface area contributed by atoms with Crippen LogP contribution in [0, 0.1) is 0 Å². The summed E-state index contributed by atoms with van der Waals surface area (Å²) in [5, 5.41) is 1.17. The zero-order chi connectivity index (χ0) is 19.3. The number of nitrogens with zero attached hydrogens (tertiary/aromatic N) is 1. The molecule has 0 aliphatic rings. The first-order valence-corrected chi connectivity index (χ1v) is 9.70. The number of pyridine rings is 1. The number of aromatic nitrogens is 1. The molecule has 0 saturated heterocycles. The van der Waals surface area contributed by atoms with E-state index in [0.717, 1.165) is 42.4 Å². The Balaban J connectivity index is 1.43. The smallest absolute Gasteiger partial charge is 0.162 e. The van der Waals surface area contributed by atoms with Crippen molar-refractivity contribution in [3.05, 3.63) is 107 Å². The molecule has 0 unspecified atom stereocenters. The molecular formula is C25H22BNO. The second kappa shape index (κ2) is 8.22. The lowest BCUT2D eigenvalue weighted by Gasteiger charge is -2.07. The van der Waals surface area contributed by atoms with E-state index in [1.807, 2.05) is 30.3 Å². The average Bonchev–Trinajstić information content (AvgIpc) is 2.73. The van der Waals surface area contributed by atoms with Crippen LogP contribution in [0.15, 0.2) is 84.9 Å². The van der Waals surface area contributed by atoms with Crippen LogP contribution in [0.1, 0.15) is 34.1 Å².